The average Bonchev–Trinajstić information content (AvgIpc) is 3.38. The maximum Gasteiger partial charge on any atom is 0.272 e. The van der Waals surface area contributed by atoms with Gasteiger partial charge < -0.3 is 5.32 Å². The number of aromatic amines is 1. The van der Waals surface area contributed by atoms with Crippen LogP contribution in [0.4, 0.5) is 4.39 Å². The van der Waals surface area contributed by atoms with Crippen molar-refractivity contribution in [2.45, 2.75) is 33.7 Å². The SMILES string of the molecule is CCc1[nH]nc(C(=O)NCCn2nc(-c3ccc(F)cc3)cc2-c2ccc(C)cn2)c1C. The molecule has 4 aromatic rings. The van der Waals surface area contributed by atoms with E-state index in [-0.39, 0.29) is 11.7 Å². The molecule has 0 atom stereocenters. The molecular formula is C24H25FN6O. The van der Waals surface area contributed by atoms with Crippen molar-refractivity contribution in [3.63, 3.8) is 0 Å². The highest BCUT2D eigenvalue weighted by Crippen LogP contribution is 2.25. The molecule has 0 bridgehead atoms. The van der Waals surface area contributed by atoms with E-state index in [0.29, 0.717) is 24.5 Å². The predicted octanol–water partition coefficient (Wildman–Crippen LogP) is 4.08. The Morgan fingerprint density at radius 1 is 1.12 bits per heavy atom. The smallest absolute Gasteiger partial charge is 0.272 e. The molecule has 0 saturated carbocycles. The number of nitrogens with one attached hydrogen (secondary N) is 2. The Labute approximate surface area is 185 Å². The number of pyridine rings is 1. The summed E-state index contributed by atoms with van der Waals surface area (Å²) in [4.78, 5) is 17.1. The zero-order valence-corrected chi connectivity index (χ0v) is 18.3. The fraction of sp³-hybridized carbons (Fsp3) is 0.250. The second kappa shape index (κ2) is 9.13. The van der Waals surface area contributed by atoms with Gasteiger partial charge in [0.25, 0.3) is 5.91 Å². The van der Waals surface area contributed by atoms with E-state index >= 15 is 0 Å². The minimum atomic E-state index is -0.295. The average molecular weight is 433 g/mol. The summed E-state index contributed by atoms with van der Waals surface area (Å²) in [6.45, 7) is 6.70. The van der Waals surface area contributed by atoms with Crippen LogP contribution in [0.3, 0.4) is 0 Å². The summed E-state index contributed by atoms with van der Waals surface area (Å²) in [7, 11) is 0. The van der Waals surface area contributed by atoms with Gasteiger partial charge in [-0.3, -0.25) is 19.6 Å². The number of hydrogen-bond donors (Lipinski definition) is 2. The third-order valence-corrected chi connectivity index (χ3v) is 5.38. The standard InChI is InChI=1S/C24H25FN6O/c1-4-19-16(3)23(29-28-19)24(32)26-11-12-31-22(20-10-5-15(2)14-27-20)13-21(30-31)17-6-8-18(25)9-7-17/h5-10,13-14H,4,11-12H2,1-3H3,(H,26,32)(H,28,29). The maximum absolute atomic E-state index is 13.3. The number of halogens is 1. The fourth-order valence-electron chi connectivity index (χ4n) is 3.53. The molecule has 0 unspecified atom stereocenters. The number of amides is 1. The first kappa shape index (κ1) is 21.4. The van der Waals surface area contributed by atoms with E-state index < -0.39 is 0 Å². The van der Waals surface area contributed by atoms with E-state index in [1.807, 2.05) is 43.7 Å². The van der Waals surface area contributed by atoms with Gasteiger partial charge in [0, 0.05) is 29.6 Å². The zero-order valence-electron chi connectivity index (χ0n) is 18.3. The summed E-state index contributed by atoms with van der Waals surface area (Å²) < 4.78 is 15.2. The van der Waals surface area contributed by atoms with Crippen molar-refractivity contribution in [1.82, 2.24) is 30.3 Å². The Hall–Kier alpha value is -3.81. The maximum atomic E-state index is 13.3. The number of H-pyrrole nitrogens is 1. The van der Waals surface area contributed by atoms with Crippen LogP contribution in [0.5, 0.6) is 0 Å². The van der Waals surface area contributed by atoms with E-state index in [1.165, 1.54) is 12.1 Å². The predicted molar refractivity (Wildman–Crippen MR) is 121 cm³/mol. The summed E-state index contributed by atoms with van der Waals surface area (Å²) in [6, 6.07) is 12.1. The molecule has 3 aromatic heterocycles. The van der Waals surface area contributed by atoms with E-state index in [0.717, 1.165) is 40.2 Å². The summed E-state index contributed by atoms with van der Waals surface area (Å²) in [5, 5.41) is 14.7. The summed E-state index contributed by atoms with van der Waals surface area (Å²) in [5.41, 5.74) is 6.42. The number of aryl methyl sites for hydroxylation is 2. The van der Waals surface area contributed by atoms with Gasteiger partial charge >= 0.3 is 0 Å². The molecule has 8 heteroatoms. The van der Waals surface area contributed by atoms with Crippen LogP contribution in [-0.4, -0.2) is 37.4 Å². The fourth-order valence-corrected chi connectivity index (χ4v) is 3.53. The molecule has 1 aromatic carbocycles. The van der Waals surface area contributed by atoms with Gasteiger partial charge in [0.15, 0.2) is 5.69 Å². The zero-order chi connectivity index (χ0) is 22.7. The van der Waals surface area contributed by atoms with Gasteiger partial charge in [0.1, 0.15) is 5.82 Å². The Morgan fingerprint density at radius 2 is 1.91 bits per heavy atom. The van der Waals surface area contributed by atoms with Gasteiger partial charge in [-0.25, -0.2) is 4.39 Å². The Bertz CT molecular complexity index is 1220. The molecule has 0 saturated heterocycles. The van der Waals surface area contributed by atoms with E-state index in [4.69, 9.17) is 5.10 Å². The number of carbonyl (C=O) groups is 1. The number of benzene rings is 1. The van der Waals surface area contributed by atoms with Crippen LogP contribution < -0.4 is 5.32 Å². The number of hydrogen-bond acceptors (Lipinski definition) is 4. The lowest BCUT2D eigenvalue weighted by Gasteiger charge is -2.08. The molecule has 1 amide bonds. The lowest BCUT2D eigenvalue weighted by molar-refractivity contribution is 0.0946. The molecule has 0 aliphatic carbocycles. The molecule has 0 aliphatic heterocycles. The molecule has 7 nitrogen and oxygen atoms in total. The highest BCUT2D eigenvalue weighted by Gasteiger charge is 2.16. The highest BCUT2D eigenvalue weighted by atomic mass is 19.1. The van der Waals surface area contributed by atoms with Gasteiger partial charge in [0.05, 0.1) is 23.6 Å². The molecule has 0 fully saturated rings. The topological polar surface area (TPSA) is 88.5 Å². The first-order valence-electron chi connectivity index (χ1n) is 10.5. The minimum Gasteiger partial charge on any atom is -0.349 e. The Morgan fingerprint density at radius 3 is 2.56 bits per heavy atom. The van der Waals surface area contributed by atoms with E-state index in [9.17, 15) is 9.18 Å². The van der Waals surface area contributed by atoms with Gasteiger partial charge in [-0.05, 0) is 62.2 Å². The van der Waals surface area contributed by atoms with Crippen molar-refractivity contribution in [3.05, 3.63) is 77.0 Å². The molecule has 0 spiro atoms. The molecule has 164 valence electrons. The highest BCUT2D eigenvalue weighted by molar-refractivity contribution is 5.93. The Kier molecular flexibility index (Phi) is 6.11. The molecule has 3 heterocycles. The van der Waals surface area contributed by atoms with Crippen LogP contribution in [0.1, 0.15) is 34.2 Å². The number of carbonyl (C=O) groups excluding carboxylic acids is 1. The summed E-state index contributed by atoms with van der Waals surface area (Å²) in [5.74, 6) is -0.518. The first-order valence-corrected chi connectivity index (χ1v) is 10.5. The van der Waals surface area contributed by atoms with Crippen molar-refractivity contribution in [1.29, 1.82) is 0 Å². The normalized spacial score (nSPS) is 11.0. The molecule has 32 heavy (non-hydrogen) atoms. The molecule has 2 N–H and O–H groups in total. The molecule has 0 aliphatic rings. The van der Waals surface area contributed by atoms with Crippen LogP contribution >= 0.6 is 0 Å². The minimum absolute atomic E-state index is 0.223. The van der Waals surface area contributed by atoms with Gasteiger partial charge in [-0.15, -0.1) is 0 Å². The molecule has 4 rings (SSSR count). The van der Waals surface area contributed by atoms with Crippen LogP contribution in [0.25, 0.3) is 22.6 Å². The van der Waals surface area contributed by atoms with Crippen molar-refractivity contribution in [2.75, 3.05) is 6.54 Å². The van der Waals surface area contributed by atoms with Crippen LogP contribution in [0, 0.1) is 19.7 Å². The first-order chi connectivity index (χ1) is 15.5. The second-order valence-corrected chi connectivity index (χ2v) is 7.65. The largest absolute Gasteiger partial charge is 0.349 e. The van der Waals surface area contributed by atoms with Gasteiger partial charge in [-0.1, -0.05) is 13.0 Å². The van der Waals surface area contributed by atoms with Crippen LogP contribution in [0.2, 0.25) is 0 Å². The number of nitrogens with zero attached hydrogens (tertiary/aromatic N) is 4. The lowest BCUT2D eigenvalue weighted by Crippen LogP contribution is -2.28. The molecular weight excluding hydrogens is 407 g/mol. The lowest BCUT2D eigenvalue weighted by atomic mass is 10.1. The summed E-state index contributed by atoms with van der Waals surface area (Å²) in [6.07, 6.45) is 2.59. The molecule has 0 radical (unpaired) electrons. The Balaban J connectivity index is 1.56. The van der Waals surface area contributed by atoms with E-state index in [2.05, 4.69) is 20.5 Å². The third-order valence-electron chi connectivity index (χ3n) is 5.38. The van der Waals surface area contributed by atoms with Crippen LogP contribution in [0.15, 0.2) is 48.7 Å². The summed E-state index contributed by atoms with van der Waals surface area (Å²) >= 11 is 0. The quantitative estimate of drug-likeness (QED) is 0.461. The van der Waals surface area contributed by atoms with Gasteiger partial charge in [-0.2, -0.15) is 10.2 Å². The van der Waals surface area contributed by atoms with Crippen molar-refractivity contribution in [2.24, 2.45) is 0 Å². The third kappa shape index (κ3) is 4.44. The number of aromatic nitrogens is 5. The van der Waals surface area contributed by atoms with Crippen molar-refractivity contribution >= 4 is 5.91 Å². The monoisotopic (exact) mass is 432 g/mol. The van der Waals surface area contributed by atoms with Crippen LogP contribution in [-0.2, 0) is 13.0 Å². The van der Waals surface area contributed by atoms with E-state index in [1.54, 1.807) is 18.3 Å². The second-order valence-electron chi connectivity index (χ2n) is 7.65. The van der Waals surface area contributed by atoms with Gasteiger partial charge in [0.2, 0.25) is 0 Å². The van der Waals surface area contributed by atoms with Crippen molar-refractivity contribution in [3.8, 4) is 22.6 Å². The number of rotatable bonds is 7. The van der Waals surface area contributed by atoms with Crippen molar-refractivity contribution < 1.29 is 9.18 Å².